The van der Waals surface area contributed by atoms with Gasteiger partial charge in [0.25, 0.3) is 11.6 Å². The summed E-state index contributed by atoms with van der Waals surface area (Å²) in [5.41, 5.74) is 1.49. The quantitative estimate of drug-likeness (QED) is 0.579. The predicted molar refractivity (Wildman–Crippen MR) is 134 cm³/mol. The normalized spacial score (nSPS) is 39.5. The van der Waals surface area contributed by atoms with Gasteiger partial charge in [-0.05, 0) is 37.8 Å². The summed E-state index contributed by atoms with van der Waals surface area (Å²) in [6.07, 6.45) is 0.562. The maximum absolute atomic E-state index is 13.0. The van der Waals surface area contributed by atoms with E-state index in [0.717, 1.165) is 23.1 Å². The first-order chi connectivity index (χ1) is 18.9. The highest BCUT2D eigenvalue weighted by Crippen LogP contribution is 2.72. The minimum atomic E-state index is -1.39. The number of carbonyl (C=O) groups is 1. The van der Waals surface area contributed by atoms with E-state index in [-0.39, 0.29) is 18.1 Å². The second kappa shape index (κ2) is 7.84. The van der Waals surface area contributed by atoms with Crippen molar-refractivity contribution in [2.24, 2.45) is 5.92 Å². The molecule has 0 amide bonds. The smallest absolute Gasteiger partial charge is 0.277 e. The van der Waals surface area contributed by atoms with Crippen LogP contribution in [0.1, 0.15) is 59.3 Å². The Labute approximate surface area is 225 Å². The Hall–Kier alpha value is -2.47. The molecule has 39 heavy (non-hydrogen) atoms. The van der Waals surface area contributed by atoms with E-state index in [2.05, 4.69) is 6.92 Å². The van der Waals surface area contributed by atoms with Gasteiger partial charge in [0.1, 0.15) is 23.4 Å². The number of ether oxygens (including phenoxy) is 8. The number of benzene rings is 2. The summed E-state index contributed by atoms with van der Waals surface area (Å²) in [6.45, 7) is 5.37. The highest BCUT2D eigenvalue weighted by molar-refractivity contribution is 6.11. The zero-order chi connectivity index (χ0) is 26.9. The van der Waals surface area contributed by atoms with Gasteiger partial charge in [-0.2, -0.15) is 0 Å². The van der Waals surface area contributed by atoms with E-state index in [0.29, 0.717) is 66.2 Å². The summed E-state index contributed by atoms with van der Waals surface area (Å²) in [7, 11) is 3.14. The first-order valence-corrected chi connectivity index (χ1v) is 13.8. The molecule has 2 aromatic carbocycles. The lowest BCUT2D eigenvalue weighted by molar-refractivity contribution is -0.370. The summed E-state index contributed by atoms with van der Waals surface area (Å²) >= 11 is 0. The van der Waals surface area contributed by atoms with Crippen molar-refractivity contribution in [3.63, 3.8) is 0 Å². The van der Waals surface area contributed by atoms with Gasteiger partial charge in [-0.25, -0.2) is 0 Å². The zero-order valence-electron chi connectivity index (χ0n) is 22.5. The third-order valence-corrected chi connectivity index (χ3v) is 9.64. The Morgan fingerprint density at radius 1 is 1.15 bits per heavy atom. The number of hydrogen-bond acceptors (Lipinski definition) is 10. The van der Waals surface area contributed by atoms with Crippen LogP contribution in [0.4, 0.5) is 0 Å². The van der Waals surface area contributed by atoms with Crippen molar-refractivity contribution < 1.29 is 47.8 Å². The fourth-order valence-corrected chi connectivity index (χ4v) is 7.61. The number of phenols is 1. The Morgan fingerprint density at radius 3 is 2.59 bits per heavy atom. The van der Waals surface area contributed by atoms with Gasteiger partial charge in [0.05, 0.1) is 37.9 Å². The van der Waals surface area contributed by atoms with E-state index in [1.54, 1.807) is 14.2 Å². The molecule has 0 radical (unpaired) electrons. The number of phenolic OH excluding ortho intramolecular Hbond substituents is 1. The van der Waals surface area contributed by atoms with Gasteiger partial charge in [-0.1, -0.05) is 6.92 Å². The fourth-order valence-electron chi connectivity index (χ4n) is 7.61. The van der Waals surface area contributed by atoms with Crippen LogP contribution in [-0.2, 0) is 34.8 Å². The highest BCUT2D eigenvalue weighted by Gasteiger charge is 2.93. The molecule has 5 atom stereocenters. The minimum Gasteiger partial charge on any atom is -0.506 e. The lowest BCUT2D eigenvalue weighted by Gasteiger charge is -2.50. The van der Waals surface area contributed by atoms with E-state index in [1.807, 2.05) is 13.0 Å². The summed E-state index contributed by atoms with van der Waals surface area (Å²) in [5, 5.41) is 12.7. The number of epoxide rings is 1. The van der Waals surface area contributed by atoms with Gasteiger partial charge in [-0.15, -0.1) is 0 Å². The Balaban J connectivity index is 1.35. The van der Waals surface area contributed by atoms with Crippen molar-refractivity contribution in [3.8, 4) is 17.2 Å². The molecule has 5 aliphatic heterocycles. The molecular weight excluding hydrogens is 508 g/mol. The van der Waals surface area contributed by atoms with Crippen molar-refractivity contribution in [3.05, 3.63) is 28.3 Å². The molecule has 1 spiro atoms. The zero-order valence-corrected chi connectivity index (χ0v) is 22.5. The predicted octanol–water partition coefficient (Wildman–Crippen LogP) is 3.45. The molecule has 10 heteroatoms. The summed E-state index contributed by atoms with van der Waals surface area (Å²) in [6, 6.07) is 1.96. The number of Topliss-reactive ketones (excluding diaryl/α,β-unsaturated/α-hetero) is 1. The molecule has 208 valence electrons. The van der Waals surface area contributed by atoms with Gasteiger partial charge in [0.2, 0.25) is 11.9 Å². The van der Waals surface area contributed by atoms with Gasteiger partial charge in [0.15, 0.2) is 11.9 Å². The van der Waals surface area contributed by atoms with Crippen LogP contribution in [0, 0.1) is 12.8 Å². The third-order valence-electron chi connectivity index (χ3n) is 9.64. The topological polar surface area (TPSA) is 114 Å². The van der Waals surface area contributed by atoms with Crippen molar-refractivity contribution in [1.82, 2.24) is 0 Å². The van der Waals surface area contributed by atoms with Crippen LogP contribution in [0.2, 0.25) is 0 Å². The average Bonchev–Trinajstić information content (AvgIpc) is 3.60. The van der Waals surface area contributed by atoms with Crippen LogP contribution in [0.15, 0.2) is 6.07 Å². The van der Waals surface area contributed by atoms with E-state index in [1.165, 1.54) is 0 Å². The van der Waals surface area contributed by atoms with Crippen LogP contribution >= 0.6 is 0 Å². The SMILES string of the molecule is CCC1COC([C@]23O[C@H]4c5c(C)cc6c(OC)c7c(c(O)c6c5O[C@](OC)([C@H]4O2)[C@@]32CO2)C(=O)CCC7)OC1. The molecular formula is C29H32O10. The molecule has 1 N–H and O–H groups in total. The maximum Gasteiger partial charge on any atom is 0.277 e. The second-order valence-corrected chi connectivity index (χ2v) is 11.5. The van der Waals surface area contributed by atoms with Gasteiger partial charge in [-0.3, -0.25) is 4.79 Å². The Kier molecular flexibility index (Phi) is 4.89. The summed E-state index contributed by atoms with van der Waals surface area (Å²) < 4.78 is 50.7. The van der Waals surface area contributed by atoms with E-state index in [9.17, 15) is 9.90 Å². The molecule has 2 bridgehead atoms. The molecule has 2 aromatic rings. The van der Waals surface area contributed by atoms with Crippen molar-refractivity contribution in [1.29, 1.82) is 0 Å². The van der Waals surface area contributed by atoms with Crippen LogP contribution < -0.4 is 9.47 Å². The molecule has 0 unspecified atom stereocenters. The minimum absolute atomic E-state index is 0.105. The van der Waals surface area contributed by atoms with Crippen LogP contribution in [-0.4, -0.2) is 74.5 Å². The first-order valence-electron chi connectivity index (χ1n) is 13.8. The average molecular weight is 541 g/mol. The molecule has 10 nitrogen and oxygen atoms in total. The molecule has 5 heterocycles. The summed E-state index contributed by atoms with van der Waals surface area (Å²) in [5.74, 6) is -1.74. The fraction of sp³-hybridized carbons (Fsp3) is 0.621. The van der Waals surface area contributed by atoms with Crippen molar-refractivity contribution in [2.75, 3.05) is 34.0 Å². The molecule has 6 aliphatic rings. The summed E-state index contributed by atoms with van der Waals surface area (Å²) in [4.78, 5) is 13.0. The number of hydrogen-bond donors (Lipinski definition) is 1. The van der Waals surface area contributed by atoms with Crippen LogP contribution in [0.25, 0.3) is 10.8 Å². The number of fused-ring (bicyclic) bond motifs is 8. The molecule has 0 aromatic heterocycles. The van der Waals surface area contributed by atoms with Crippen LogP contribution in [0.5, 0.6) is 17.2 Å². The molecule has 0 saturated carbocycles. The lowest BCUT2D eigenvalue weighted by atomic mass is 9.78. The Morgan fingerprint density at radius 2 is 1.92 bits per heavy atom. The van der Waals surface area contributed by atoms with Gasteiger partial charge in [0, 0.05) is 36.0 Å². The van der Waals surface area contributed by atoms with Gasteiger partial charge >= 0.3 is 0 Å². The second-order valence-electron chi connectivity index (χ2n) is 11.5. The molecule has 1 aliphatic carbocycles. The highest BCUT2D eigenvalue weighted by atomic mass is 16.9. The standard InChI is InChI=1S/C29H32O10/c1-5-14-10-34-26(35-11-14)29-27(12-36-27)28(33-4)25(39-29)24(38-29)18-13(2)9-16-20(23(18)37-28)21(31)19-15(22(16)32-3)7-6-8-17(19)30/h9,14,24-26,31H,5-8,10-12H2,1-4H3/t14?,24-,25-,26?,27-,28+,29-/m0/s1. The number of carbonyl (C=O) groups excluding carboxylic acids is 1. The number of ketones is 1. The lowest BCUT2D eigenvalue weighted by Crippen LogP contribution is -2.70. The number of rotatable bonds is 4. The number of aromatic hydroxyl groups is 1. The third kappa shape index (κ3) is 2.66. The van der Waals surface area contributed by atoms with E-state index in [4.69, 9.17) is 37.9 Å². The Bertz CT molecular complexity index is 1420. The largest absolute Gasteiger partial charge is 0.506 e. The van der Waals surface area contributed by atoms with Gasteiger partial charge < -0.3 is 43.0 Å². The van der Waals surface area contributed by atoms with Crippen molar-refractivity contribution >= 4 is 16.6 Å². The van der Waals surface area contributed by atoms with E-state index >= 15 is 0 Å². The molecule has 4 saturated heterocycles. The number of methoxy groups -OCH3 is 2. The monoisotopic (exact) mass is 540 g/mol. The van der Waals surface area contributed by atoms with E-state index < -0.39 is 35.7 Å². The first kappa shape index (κ1) is 24.3. The van der Waals surface area contributed by atoms with Crippen LogP contribution in [0.3, 0.4) is 0 Å². The van der Waals surface area contributed by atoms with Crippen molar-refractivity contribution in [2.45, 2.75) is 75.2 Å². The molecule has 4 fully saturated rings. The number of aryl methyl sites for hydroxylation is 1. The maximum atomic E-state index is 13.0. The molecule has 8 rings (SSSR count).